The molecule has 1 aliphatic rings. The van der Waals surface area contributed by atoms with E-state index in [9.17, 15) is 9.90 Å². The van der Waals surface area contributed by atoms with E-state index in [4.69, 9.17) is 0 Å². The Kier molecular flexibility index (Phi) is 6.85. The van der Waals surface area contributed by atoms with Crippen molar-refractivity contribution in [2.75, 3.05) is 0 Å². The molecule has 0 aliphatic heterocycles. The van der Waals surface area contributed by atoms with E-state index < -0.39 is 0 Å². The van der Waals surface area contributed by atoms with Crippen LogP contribution in [-0.2, 0) is 11.2 Å². The van der Waals surface area contributed by atoms with Gasteiger partial charge in [0.05, 0.1) is 6.10 Å². The lowest BCUT2D eigenvalue weighted by Gasteiger charge is -2.20. The van der Waals surface area contributed by atoms with Crippen LogP contribution in [0.15, 0.2) is 23.2 Å². The lowest BCUT2D eigenvalue weighted by Crippen LogP contribution is -2.19. The lowest BCUT2D eigenvalue weighted by atomic mass is 9.87. The number of carbonyl (C=O) groups excluding carboxylic acids is 1. The minimum absolute atomic E-state index is 0.204. The number of allylic oxidation sites excluding steroid dienone is 1. The smallest absolute Gasteiger partial charge is 0.133 e. The maximum Gasteiger partial charge on any atom is 0.133 e. The fourth-order valence-corrected chi connectivity index (χ4v) is 5.00. The van der Waals surface area contributed by atoms with E-state index in [1.54, 1.807) is 11.3 Å². The molecule has 1 aliphatic carbocycles. The van der Waals surface area contributed by atoms with Crippen LogP contribution in [0.2, 0.25) is 0 Å². The zero-order chi connectivity index (χ0) is 16.1. The van der Waals surface area contributed by atoms with E-state index in [1.165, 1.54) is 9.75 Å². The second-order valence-corrected chi connectivity index (χ2v) is 8.48. The molecule has 4 heteroatoms. The van der Waals surface area contributed by atoms with Gasteiger partial charge in [0.15, 0.2) is 0 Å². The quantitative estimate of drug-likeness (QED) is 0.635. The maximum absolute atomic E-state index is 12.1. The Morgan fingerprint density at radius 3 is 2.91 bits per heavy atom. The van der Waals surface area contributed by atoms with Gasteiger partial charge >= 0.3 is 0 Å². The first-order valence-corrected chi connectivity index (χ1v) is 9.67. The molecule has 1 aromatic heterocycles. The van der Waals surface area contributed by atoms with Crippen LogP contribution in [-0.4, -0.2) is 17.0 Å². The van der Waals surface area contributed by atoms with Gasteiger partial charge in [0.1, 0.15) is 5.78 Å². The third-order valence-corrected chi connectivity index (χ3v) is 6.92. The van der Waals surface area contributed by atoms with Crippen molar-refractivity contribution in [3.63, 3.8) is 0 Å². The van der Waals surface area contributed by atoms with E-state index in [1.807, 2.05) is 6.08 Å². The van der Waals surface area contributed by atoms with Gasteiger partial charge in [-0.3, -0.25) is 4.79 Å². The van der Waals surface area contributed by atoms with Gasteiger partial charge in [0.25, 0.3) is 0 Å². The predicted molar refractivity (Wildman–Crippen MR) is 96.4 cm³/mol. The van der Waals surface area contributed by atoms with Gasteiger partial charge in [-0.1, -0.05) is 6.08 Å². The maximum atomic E-state index is 12.1. The molecule has 1 aromatic rings. The number of carbonyl (C=O) groups is 1. The van der Waals surface area contributed by atoms with Crippen LogP contribution < -0.4 is 0 Å². The highest BCUT2D eigenvalue weighted by atomic mass is 79.9. The van der Waals surface area contributed by atoms with Crippen molar-refractivity contribution in [3.05, 3.63) is 32.9 Å². The van der Waals surface area contributed by atoms with Gasteiger partial charge in [-0.15, -0.1) is 17.9 Å². The molecular formula is C18H25BrO2S. The standard InChI is InChI=1S/C18H25BrO2S/c1-3-4-16-13(6-10-18(16)21)5-7-14(20)8-9-15-11-17(19)12(2)22-15/h3,11,13,16,18,21H,1,4-10H2,2H3/t13-,16+,18?/m0/s1. The SMILES string of the molecule is C=CC[C@H]1C(O)CC[C@@H]1CCC(=O)CCc1cc(Br)c(C)s1. The van der Waals surface area contributed by atoms with Gasteiger partial charge in [0, 0.05) is 27.1 Å². The summed E-state index contributed by atoms with van der Waals surface area (Å²) < 4.78 is 1.15. The van der Waals surface area contributed by atoms with Crippen LogP contribution in [0.4, 0.5) is 0 Å². The van der Waals surface area contributed by atoms with Crippen LogP contribution in [0.25, 0.3) is 0 Å². The van der Waals surface area contributed by atoms with Gasteiger partial charge in [-0.05, 0) is 72.9 Å². The van der Waals surface area contributed by atoms with Crippen LogP contribution in [0.1, 0.15) is 48.3 Å². The molecule has 2 rings (SSSR count). The fourth-order valence-electron chi connectivity index (χ4n) is 3.40. The lowest BCUT2D eigenvalue weighted by molar-refractivity contribution is -0.119. The number of thiophene rings is 1. The highest BCUT2D eigenvalue weighted by Crippen LogP contribution is 2.37. The predicted octanol–water partition coefficient (Wildman–Crippen LogP) is 5.06. The zero-order valence-electron chi connectivity index (χ0n) is 13.2. The first-order valence-electron chi connectivity index (χ1n) is 8.06. The summed E-state index contributed by atoms with van der Waals surface area (Å²) in [5.74, 6) is 1.14. The average molecular weight is 385 g/mol. The molecule has 0 spiro atoms. The number of Topliss-reactive ketones (excluding diaryl/α,β-unsaturated/α-hetero) is 1. The second-order valence-electron chi connectivity index (χ2n) is 6.29. The average Bonchev–Trinajstić information content (AvgIpc) is 2.99. The summed E-state index contributed by atoms with van der Waals surface area (Å²) in [6.07, 6.45) is 7.52. The van der Waals surface area contributed by atoms with Crippen molar-refractivity contribution in [2.45, 2.75) is 58.0 Å². The van der Waals surface area contributed by atoms with E-state index in [2.05, 4.69) is 35.5 Å². The van der Waals surface area contributed by atoms with Crippen molar-refractivity contribution in [3.8, 4) is 0 Å². The molecule has 0 radical (unpaired) electrons. The van der Waals surface area contributed by atoms with Crippen LogP contribution in [0.3, 0.4) is 0 Å². The van der Waals surface area contributed by atoms with Crippen LogP contribution in [0.5, 0.6) is 0 Å². The molecule has 1 heterocycles. The Balaban J connectivity index is 1.74. The first kappa shape index (κ1) is 17.9. The third-order valence-electron chi connectivity index (χ3n) is 4.72. The minimum atomic E-state index is -0.204. The number of aryl methyl sites for hydroxylation is 2. The van der Waals surface area contributed by atoms with Crippen molar-refractivity contribution in [1.82, 2.24) is 0 Å². The number of hydrogen-bond donors (Lipinski definition) is 1. The summed E-state index contributed by atoms with van der Waals surface area (Å²) in [4.78, 5) is 14.7. The van der Waals surface area contributed by atoms with Gasteiger partial charge < -0.3 is 5.11 Å². The summed E-state index contributed by atoms with van der Waals surface area (Å²) in [6.45, 7) is 5.87. The Labute approximate surface area is 145 Å². The van der Waals surface area contributed by atoms with Crippen LogP contribution >= 0.6 is 27.3 Å². The molecule has 22 heavy (non-hydrogen) atoms. The van der Waals surface area contributed by atoms with Gasteiger partial charge in [-0.2, -0.15) is 0 Å². The number of hydrogen-bond acceptors (Lipinski definition) is 3. The second kappa shape index (κ2) is 8.42. The number of aliphatic hydroxyl groups is 1. The summed E-state index contributed by atoms with van der Waals surface area (Å²) in [5.41, 5.74) is 0. The number of aliphatic hydroxyl groups excluding tert-OH is 1. The summed E-state index contributed by atoms with van der Waals surface area (Å²) in [7, 11) is 0. The van der Waals surface area contributed by atoms with Crippen molar-refractivity contribution in [2.24, 2.45) is 11.8 Å². The minimum Gasteiger partial charge on any atom is -0.393 e. The molecule has 3 atom stereocenters. The Bertz CT molecular complexity index is 504. The van der Waals surface area contributed by atoms with E-state index >= 15 is 0 Å². The third kappa shape index (κ3) is 4.77. The van der Waals surface area contributed by atoms with E-state index in [0.29, 0.717) is 30.5 Å². The summed E-state index contributed by atoms with van der Waals surface area (Å²) >= 11 is 5.28. The van der Waals surface area contributed by atoms with E-state index in [0.717, 1.165) is 36.6 Å². The molecule has 0 bridgehead atoms. The normalized spacial score (nSPS) is 24.6. The van der Waals surface area contributed by atoms with Gasteiger partial charge in [-0.25, -0.2) is 0 Å². The molecule has 122 valence electrons. The topological polar surface area (TPSA) is 37.3 Å². The van der Waals surface area contributed by atoms with Crippen molar-refractivity contribution >= 4 is 33.0 Å². The van der Waals surface area contributed by atoms with Crippen LogP contribution in [0, 0.1) is 18.8 Å². The number of halogens is 1. The van der Waals surface area contributed by atoms with E-state index in [-0.39, 0.29) is 6.10 Å². The number of ketones is 1. The molecule has 2 nitrogen and oxygen atoms in total. The Morgan fingerprint density at radius 1 is 1.50 bits per heavy atom. The summed E-state index contributed by atoms with van der Waals surface area (Å²) in [5, 5.41) is 10.0. The highest BCUT2D eigenvalue weighted by Gasteiger charge is 2.33. The zero-order valence-corrected chi connectivity index (χ0v) is 15.6. The first-order chi connectivity index (χ1) is 10.5. The van der Waals surface area contributed by atoms with Gasteiger partial charge in [0.2, 0.25) is 0 Å². The van der Waals surface area contributed by atoms with Crippen molar-refractivity contribution < 1.29 is 9.90 Å². The molecule has 0 aromatic carbocycles. The fraction of sp³-hybridized carbons (Fsp3) is 0.611. The molecular weight excluding hydrogens is 360 g/mol. The molecule has 1 unspecified atom stereocenters. The largest absolute Gasteiger partial charge is 0.393 e. The Hall–Kier alpha value is -0.450. The number of rotatable bonds is 8. The monoisotopic (exact) mass is 384 g/mol. The highest BCUT2D eigenvalue weighted by molar-refractivity contribution is 9.10. The summed E-state index contributed by atoms with van der Waals surface area (Å²) in [6, 6.07) is 2.13. The van der Waals surface area contributed by atoms with Crippen molar-refractivity contribution in [1.29, 1.82) is 0 Å². The Morgan fingerprint density at radius 2 is 2.27 bits per heavy atom. The molecule has 0 saturated heterocycles. The molecule has 1 N–H and O–H groups in total. The molecule has 0 amide bonds. The molecule has 1 saturated carbocycles. The molecule has 1 fully saturated rings.